The Kier molecular flexibility index (Phi) is 4.14. The van der Waals surface area contributed by atoms with Crippen LogP contribution in [0.1, 0.15) is 61.5 Å². The fourth-order valence-electron chi connectivity index (χ4n) is 3.38. The van der Waals surface area contributed by atoms with Gasteiger partial charge < -0.3 is 8.94 Å². The van der Waals surface area contributed by atoms with Crippen LogP contribution in [0, 0.1) is 6.92 Å². The van der Waals surface area contributed by atoms with Crippen LogP contribution < -0.4 is 0 Å². The number of likely N-dealkylation sites (N-methyl/N-ethyl adjacent to an activating group) is 1. The smallest absolute Gasteiger partial charge is 0.243 e. The third kappa shape index (κ3) is 3.23. The van der Waals surface area contributed by atoms with Gasteiger partial charge >= 0.3 is 0 Å². The first kappa shape index (κ1) is 15.8. The van der Waals surface area contributed by atoms with Gasteiger partial charge in [0.1, 0.15) is 5.76 Å². The molecule has 1 aliphatic heterocycles. The molecule has 7 heteroatoms. The molecule has 2 aromatic rings. The molecule has 1 aliphatic carbocycles. The van der Waals surface area contributed by atoms with Gasteiger partial charge in [-0.05, 0) is 40.2 Å². The topological polar surface area (TPSA) is 71.4 Å². The molecule has 24 heavy (non-hydrogen) atoms. The minimum Gasteiger partial charge on any atom is -0.445 e. The normalized spacial score (nSPS) is 23.2. The number of likely N-dealkylation sites (tertiary alicyclic amines) is 1. The molecular weight excluding hydrogens is 306 g/mol. The molecule has 2 atom stereocenters. The molecule has 3 heterocycles. The van der Waals surface area contributed by atoms with E-state index in [1.165, 1.54) is 12.8 Å². The van der Waals surface area contributed by atoms with Crippen molar-refractivity contribution in [2.45, 2.75) is 57.7 Å². The van der Waals surface area contributed by atoms with Crippen LogP contribution >= 0.6 is 0 Å². The van der Waals surface area contributed by atoms with Crippen molar-refractivity contribution in [3.63, 3.8) is 0 Å². The van der Waals surface area contributed by atoms with Crippen LogP contribution in [0.5, 0.6) is 0 Å². The summed E-state index contributed by atoms with van der Waals surface area (Å²) in [6.07, 6.45) is 5.30. The lowest BCUT2D eigenvalue weighted by atomic mass is 10.2. The maximum atomic E-state index is 5.59. The van der Waals surface area contributed by atoms with Crippen LogP contribution in [0.3, 0.4) is 0 Å². The fourth-order valence-corrected chi connectivity index (χ4v) is 3.38. The number of rotatable bonds is 6. The lowest BCUT2D eigenvalue weighted by Crippen LogP contribution is -2.35. The van der Waals surface area contributed by atoms with Crippen LogP contribution in [-0.4, -0.2) is 51.1 Å². The standard InChI is InChI=1S/C17H25N5O2/c1-11-8-18-15(23-11)10-21(3)14-6-7-22(9-14)12(2)17-19-16(20-24-17)13-4-5-13/h8,12-14H,4-7,9-10H2,1-3H3/t12-,14+/m0/s1. The Morgan fingerprint density at radius 2 is 2.21 bits per heavy atom. The highest BCUT2D eigenvalue weighted by atomic mass is 16.5. The van der Waals surface area contributed by atoms with Crippen molar-refractivity contribution in [1.29, 1.82) is 0 Å². The second-order valence-corrected chi connectivity index (χ2v) is 7.16. The van der Waals surface area contributed by atoms with E-state index in [4.69, 9.17) is 8.94 Å². The van der Waals surface area contributed by atoms with Crippen LogP contribution in [0.2, 0.25) is 0 Å². The maximum Gasteiger partial charge on any atom is 0.243 e. The molecular formula is C17H25N5O2. The van der Waals surface area contributed by atoms with Crippen molar-refractivity contribution < 1.29 is 8.94 Å². The predicted octanol–water partition coefficient (Wildman–Crippen LogP) is 2.51. The van der Waals surface area contributed by atoms with E-state index >= 15 is 0 Å². The zero-order valence-corrected chi connectivity index (χ0v) is 14.6. The van der Waals surface area contributed by atoms with Gasteiger partial charge in [0.05, 0.1) is 18.8 Å². The zero-order chi connectivity index (χ0) is 16.7. The van der Waals surface area contributed by atoms with Crippen LogP contribution in [-0.2, 0) is 6.54 Å². The van der Waals surface area contributed by atoms with Crippen molar-refractivity contribution in [3.8, 4) is 0 Å². The molecule has 7 nitrogen and oxygen atoms in total. The lowest BCUT2D eigenvalue weighted by molar-refractivity contribution is 0.173. The van der Waals surface area contributed by atoms with E-state index in [9.17, 15) is 0 Å². The summed E-state index contributed by atoms with van der Waals surface area (Å²) in [7, 11) is 2.14. The van der Waals surface area contributed by atoms with Crippen LogP contribution in [0.25, 0.3) is 0 Å². The van der Waals surface area contributed by atoms with Gasteiger partial charge in [-0.15, -0.1) is 0 Å². The Bertz CT molecular complexity index is 693. The van der Waals surface area contributed by atoms with Gasteiger partial charge in [0.15, 0.2) is 5.82 Å². The first-order valence-corrected chi connectivity index (χ1v) is 8.79. The fraction of sp³-hybridized carbons (Fsp3) is 0.706. The van der Waals surface area contributed by atoms with Gasteiger partial charge in [-0.2, -0.15) is 4.98 Å². The molecule has 0 unspecified atom stereocenters. The molecule has 130 valence electrons. The van der Waals surface area contributed by atoms with Gasteiger partial charge in [0.2, 0.25) is 11.8 Å². The Morgan fingerprint density at radius 1 is 1.38 bits per heavy atom. The first-order valence-electron chi connectivity index (χ1n) is 8.79. The summed E-state index contributed by atoms with van der Waals surface area (Å²) in [4.78, 5) is 13.6. The van der Waals surface area contributed by atoms with Gasteiger partial charge in [-0.25, -0.2) is 4.98 Å². The predicted molar refractivity (Wildman–Crippen MR) is 87.4 cm³/mol. The van der Waals surface area contributed by atoms with E-state index in [1.54, 1.807) is 6.20 Å². The molecule has 2 aromatic heterocycles. The zero-order valence-electron chi connectivity index (χ0n) is 14.6. The van der Waals surface area contributed by atoms with Crippen molar-refractivity contribution in [1.82, 2.24) is 24.9 Å². The summed E-state index contributed by atoms with van der Waals surface area (Å²) in [6, 6.07) is 0.665. The Labute approximate surface area is 142 Å². The van der Waals surface area contributed by atoms with Gasteiger partial charge in [0, 0.05) is 25.0 Å². The minimum absolute atomic E-state index is 0.174. The van der Waals surface area contributed by atoms with Crippen LogP contribution in [0.4, 0.5) is 0 Å². The number of oxazole rings is 1. The van der Waals surface area contributed by atoms with E-state index in [0.29, 0.717) is 12.0 Å². The molecule has 2 fully saturated rings. The third-order valence-corrected chi connectivity index (χ3v) is 5.18. The molecule has 0 N–H and O–H groups in total. The number of aryl methyl sites for hydroxylation is 1. The Hall–Kier alpha value is -1.73. The number of hydrogen-bond donors (Lipinski definition) is 0. The first-order chi connectivity index (χ1) is 11.6. The van der Waals surface area contributed by atoms with Gasteiger partial charge in [-0.3, -0.25) is 9.80 Å². The van der Waals surface area contributed by atoms with Crippen molar-refractivity contribution >= 4 is 0 Å². The molecule has 0 spiro atoms. The molecule has 1 saturated heterocycles. The highest BCUT2D eigenvalue weighted by molar-refractivity contribution is 5.05. The maximum absolute atomic E-state index is 5.59. The molecule has 0 radical (unpaired) electrons. The summed E-state index contributed by atoms with van der Waals surface area (Å²) in [6.45, 7) is 6.87. The average Bonchev–Trinajstić information content (AvgIpc) is 3.00. The minimum atomic E-state index is 0.174. The molecule has 1 saturated carbocycles. The Morgan fingerprint density at radius 3 is 2.92 bits per heavy atom. The molecule has 0 bridgehead atoms. The van der Waals surface area contributed by atoms with E-state index in [0.717, 1.165) is 49.4 Å². The summed E-state index contributed by atoms with van der Waals surface area (Å²) >= 11 is 0. The summed E-state index contributed by atoms with van der Waals surface area (Å²) < 4.78 is 11.1. The van der Waals surface area contributed by atoms with Crippen molar-refractivity contribution in [3.05, 3.63) is 29.6 Å². The van der Waals surface area contributed by atoms with Gasteiger partial charge in [0.25, 0.3) is 0 Å². The lowest BCUT2D eigenvalue weighted by Gasteiger charge is -2.25. The number of nitrogens with zero attached hydrogens (tertiary/aromatic N) is 5. The van der Waals surface area contributed by atoms with Gasteiger partial charge in [-0.1, -0.05) is 5.16 Å². The highest BCUT2D eigenvalue weighted by Gasteiger charge is 2.34. The van der Waals surface area contributed by atoms with E-state index in [1.807, 2.05) is 6.92 Å². The number of aromatic nitrogens is 3. The summed E-state index contributed by atoms with van der Waals surface area (Å²) in [5, 5.41) is 4.14. The molecule has 0 aromatic carbocycles. The monoisotopic (exact) mass is 331 g/mol. The largest absolute Gasteiger partial charge is 0.445 e. The number of hydrogen-bond acceptors (Lipinski definition) is 7. The van der Waals surface area contributed by atoms with Crippen LogP contribution in [0.15, 0.2) is 15.1 Å². The Balaban J connectivity index is 1.34. The summed E-state index contributed by atoms with van der Waals surface area (Å²) in [5.74, 6) is 3.83. The SMILES string of the molecule is Cc1cnc(CN(C)[C@@H]2CCN([C@@H](C)c3nc(C4CC4)no3)C2)o1. The molecule has 4 rings (SSSR count). The quantitative estimate of drug-likeness (QED) is 0.805. The summed E-state index contributed by atoms with van der Waals surface area (Å²) in [5.41, 5.74) is 0. The second-order valence-electron chi connectivity index (χ2n) is 7.16. The van der Waals surface area contributed by atoms with Crippen molar-refractivity contribution in [2.75, 3.05) is 20.1 Å². The highest BCUT2D eigenvalue weighted by Crippen LogP contribution is 2.38. The van der Waals surface area contributed by atoms with E-state index in [2.05, 4.69) is 38.9 Å². The molecule has 2 aliphatic rings. The molecule has 0 amide bonds. The third-order valence-electron chi connectivity index (χ3n) is 5.18. The van der Waals surface area contributed by atoms with E-state index < -0.39 is 0 Å². The second kappa shape index (κ2) is 6.29. The van der Waals surface area contributed by atoms with E-state index in [-0.39, 0.29) is 6.04 Å². The average molecular weight is 331 g/mol. The van der Waals surface area contributed by atoms with Crippen molar-refractivity contribution in [2.24, 2.45) is 0 Å².